The number of pyridine rings is 1. The molecule has 0 radical (unpaired) electrons. The highest BCUT2D eigenvalue weighted by molar-refractivity contribution is 5.89. The number of aromatic hydroxyl groups is 1. The second-order valence-electron chi connectivity index (χ2n) is 13.3. The van der Waals surface area contributed by atoms with Crippen LogP contribution in [0.3, 0.4) is 0 Å². The van der Waals surface area contributed by atoms with Gasteiger partial charge in [0.1, 0.15) is 17.1 Å². The number of rotatable bonds is 14. The van der Waals surface area contributed by atoms with Gasteiger partial charge in [0.05, 0.1) is 11.3 Å². The number of benzene rings is 1. The highest BCUT2D eigenvalue weighted by Gasteiger charge is 2.45. The molecule has 2 aromatic rings. The third-order valence-corrected chi connectivity index (χ3v) is 9.46. The van der Waals surface area contributed by atoms with E-state index in [1.165, 1.54) is 38.5 Å². The van der Waals surface area contributed by atoms with E-state index in [4.69, 9.17) is 4.74 Å². The molecule has 0 spiro atoms. The molecule has 0 bridgehead atoms. The van der Waals surface area contributed by atoms with Crippen LogP contribution >= 0.6 is 0 Å². The van der Waals surface area contributed by atoms with Gasteiger partial charge in [0.2, 0.25) is 0 Å². The van der Waals surface area contributed by atoms with E-state index in [1.54, 1.807) is 18.3 Å². The Balaban J connectivity index is 1.73. The monoisotopic (exact) mass is 551 g/mol. The average molecular weight is 552 g/mol. The molecule has 5 nitrogen and oxygen atoms in total. The first-order valence-electron chi connectivity index (χ1n) is 15.5. The number of hydrogen-bond donors (Lipinski definition) is 2. The number of nitrogens with zero attached hydrogens (tertiary/aromatic N) is 1. The fourth-order valence-corrected chi connectivity index (χ4v) is 6.54. The van der Waals surface area contributed by atoms with Crippen LogP contribution < -0.4 is 4.74 Å². The lowest BCUT2D eigenvalue weighted by Crippen LogP contribution is -2.45. The molecule has 40 heavy (non-hydrogen) atoms. The largest absolute Gasteiger partial charge is 0.507 e. The van der Waals surface area contributed by atoms with E-state index in [1.807, 2.05) is 20.8 Å². The van der Waals surface area contributed by atoms with Crippen LogP contribution in [0.25, 0.3) is 0 Å². The van der Waals surface area contributed by atoms with E-state index in [2.05, 4.69) is 39.6 Å². The molecule has 0 aliphatic carbocycles. The van der Waals surface area contributed by atoms with Gasteiger partial charge in [0, 0.05) is 17.7 Å². The summed E-state index contributed by atoms with van der Waals surface area (Å²) in [4.78, 5) is 16.8. The van der Waals surface area contributed by atoms with Gasteiger partial charge in [0.25, 0.3) is 0 Å². The molecule has 1 aliphatic rings. The third kappa shape index (κ3) is 7.59. The van der Waals surface area contributed by atoms with Crippen molar-refractivity contribution in [1.82, 2.24) is 4.98 Å². The minimum absolute atomic E-state index is 0.227. The first-order valence-corrected chi connectivity index (χ1v) is 15.5. The Morgan fingerprint density at radius 3 is 2.17 bits per heavy atom. The van der Waals surface area contributed by atoms with Crippen LogP contribution in [0, 0.1) is 38.5 Å². The van der Waals surface area contributed by atoms with Gasteiger partial charge in [-0.1, -0.05) is 72.6 Å². The van der Waals surface area contributed by atoms with Crippen LogP contribution in [0.5, 0.6) is 11.5 Å². The Kier molecular flexibility index (Phi) is 11.1. The van der Waals surface area contributed by atoms with Crippen molar-refractivity contribution in [3.05, 3.63) is 51.8 Å². The fraction of sp³-hybridized carbons (Fsp3) is 0.657. The Bertz CT molecular complexity index is 1160. The molecule has 222 valence electrons. The second-order valence-corrected chi connectivity index (χ2v) is 13.3. The first-order chi connectivity index (χ1) is 18.9. The van der Waals surface area contributed by atoms with E-state index in [0.717, 1.165) is 59.1 Å². The molecule has 4 atom stereocenters. The lowest BCUT2D eigenvalue weighted by Gasteiger charge is -2.44. The van der Waals surface area contributed by atoms with Crippen LogP contribution in [0.15, 0.2) is 18.3 Å². The van der Waals surface area contributed by atoms with Gasteiger partial charge in [-0.3, -0.25) is 4.98 Å². The zero-order valence-corrected chi connectivity index (χ0v) is 26.3. The summed E-state index contributed by atoms with van der Waals surface area (Å²) >= 11 is 0. The lowest BCUT2D eigenvalue weighted by molar-refractivity contribution is 0.0277. The third-order valence-electron chi connectivity index (χ3n) is 9.46. The number of hydrogen-bond acceptors (Lipinski definition) is 4. The number of phenols is 1. The quantitative estimate of drug-likeness (QED) is 0.244. The van der Waals surface area contributed by atoms with Crippen molar-refractivity contribution in [1.29, 1.82) is 0 Å². The lowest BCUT2D eigenvalue weighted by atomic mass is 9.73. The molecule has 1 aromatic carbocycles. The van der Waals surface area contributed by atoms with Crippen molar-refractivity contribution in [2.75, 3.05) is 0 Å². The minimum Gasteiger partial charge on any atom is -0.507 e. The topological polar surface area (TPSA) is 79.7 Å². The predicted octanol–water partition coefficient (Wildman–Crippen LogP) is 9.33. The van der Waals surface area contributed by atoms with Gasteiger partial charge in [-0.05, 0) is 93.5 Å². The maximum atomic E-state index is 12.2. The summed E-state index contributed by atoms with van der Waals surface area (Å²) in [5.41, 5.74) is 3.76. The van der Waals surface area contributed by atoms with Crippen molar-refractivity contribution in [2.45, 2.75) is 131 Å². The maximum absolute atomic E-state index is 12.2. The maximum Gasteiger partial charge on any atom is 0.337 e. The van der Waals surface area contributed by atoms with Gasteiger partial charge >= 0.3 is 5.97 Å². The number of carboxylic acid groups (broad SMARTS) is 1. The molecule has 2 heterocycles. The van der Waals surface area contributed by atoms with Gasteiger partial charge < -0.3 is 14.9 Å². The molecule has 3 rings (SSSR count). The molecule has 0 amide bonds. The average Bonchev–Trinajstić information content (AvgIpc) is 2.90. The van der Waals surface area contributed by atoms with Crippen LogP contribution in [0.4, 0.5) is 0 Å². The Morgan fingerprint density at radius 1 is 0.975 bits per heavy atom. The van der Waals surface area contributed by atoms with Crippen LogP contribution in [-0.4, -0.2) is 26.8 Å². The van der Waals surface area contributed by atoms with Crippen LogP contribution in [0.1, 0.15) is 137 Å². The Labute approximate surface area is 242 Å². The van der Waals surface area contributed by atoms with Crippen LogP contribution in [-0.2, 0) is 6.42 Å². The van der Waals surface area contributed by atoms with Crippen molar-refractivity contribution in [3.8, 4) is 11.5 Å². The van der Waals surface area contributed by atoms with Crippen molar-refractivity contribution in [2.24, 2.45) is 17.8 Å². The molecule has 1 aromatic heterocycles. The number of aromatic carboxylic acids is 1. The Hall–Kier alpha value is -2.56. The molecular formula is C35H53NO4. The highest BCUT2D eigenvalue weighted by Crippen LogP contribution is 2.50. The van der Waals surface area contributed by atoms with E-state index in [0.29, 0.717) is 23.8 Å². The SMILES string of the molecule is Cc1c(C)c2c(c(C)c1O)CC(c1ncccc1C(=O)O)[C@](C)(CCC[C@H](C)CCC[C@@H](C)CCCC(C)C)O2. The van der Waals surface area contributed by atoms with Crippen LogP contribution in [0.2, 0.25) is 0 Å². The van der Waals surface area contributed by atoms with Gasteiger partial charge in [-0.2, -0.15) is 0 Å². The van der Waals surface area contributed by atoms with Crippen molar-refractivity contribution in [3.63, 3.8) is 0 Å². The number of fused-ring (bicyclic) bond motifs is 1. The molecule has 1 aliphatic heterocycles. The second kappa shape index (κ2) is 13.9. The summed E-state index contributed by atoms with van der Waals surface area (Å²) in [6, 6.07) is 3.32. The highest BCUT2D eigenvalue weighted by atomic mass is 16.5. The number of aromatic nitrogens is 1. The van der Waals surface area contributed by atoms with E-state index >= 15 is 0 Å². The zero-order valence-electron chi connectivity index (χ0n) is 26.3. The molecule has 5 heteroatoms. The first kappa shape index (κ1) is 32.0. The summed E-state index contributed by atoms with van der Waals surface area (Å²) in [5.74, 6) is 2.19. The van der Waals surface area contributed by atoms with Gasteiger partial charge in [-0.25, -0.2) is 4.79 Å². The number of phenolic OH excluding ortho intramolecular Hbond substituents is 1. The summed E-state index contributed by atoms with van der Waals surface area (Å²) in [6.07, 6.45) is 13.1. The summed E-state index contributed by atoms with van der Waals surface area (Å²) in [5, 5.41) is 20.7. The van der Waals surface area contributed by atoms with Crippen molar-refractivity contribution >= 4 is 5.97 Å². The minimum atomic E-state index is -0.969. The van der Waals surface area contributed by atoms with Gasteiger partial charge in [0.15, 0.2) is 0 Å². The molecule has 1 unspecified atom stereocenters. The summed E-state index contributed by atoms with van der Waals surface area (Å²) < 4.78 is 6.87. The molecule has 2 N–H and O–H groups in total. The smallest absolute Gasteiger partial charge is 0.337 e. The standard InChI is InChI=1S/C35H53NO4/c1-22(2)13-9-14-23(3)15-10-16-24(4)17-11-19-35(8)30(31-28(34(38)39)18-12-20-36-31)21-29-27(7)32(37)25(5)26(6)33(29)40-35/h12,18,20,22-24,30,37H,9-11,13-17,19,21H2,1-8H3,(H,38,39)/t23-,24+,30?,35-/m0/s1. The Morgan fingerprint density at radius 2 is 1.57 bits per heavy atom. The van der Waals surface area contributed by atoms with Gasteiger partial charge in [-0.15, -0.1) is 0 Å². The summed E-state index contributed by atoms with van der Waals surface area (Å²) in [7, 11) is 0. The zero-order chi connectivity index (χ0) is 29.6. The molecular weight excluding hydrogens is 498 g/mol. The normalized spacial score (nSPS) is 20.2. The molecule has 0 saturated heterocycles. The number of ether oxygens (including phenoxy) is 1. The van der Waals surface area contributed by atoms with E-state index in [-0.39, 0.29) is 11.5 Å². The molecule has 0 saturated carbocycles. The number of carbonyl (C=O) groups is 1. The van der Waals surface area contributed by atoms with Crippen molar-refractivity contribution < 1.29 is 19.7 Å². The fourth-order valence-electron chi connectivity index (χ4n) is 6.54. The van der Waals surface area contributed by atoms with E-state index in [9.17, 15) is 15.0 Å². The number of carboxylic acids is 1. The predicted molar refractivity (Wildman–Crippen MR) is 164 cm³/mol. The summed E-state index contributed by atoms with van der Waals surface area (Å²) in [6.45, 7) is 17.4. The van der Waals surface area contributed by atoms with E-state index < -0.39 is 11.6 Å². The molecule has 0 fully saturated rings.